The van der Waals surface area contributed by atoms with Crippen LogP contribution >= 0.6 is 0 Å². The first-order valence-electron chi connectivity index (χ1n) is 11.7. The van der Waals surface area contributed by atoms with Gasteiger partial charge in [0, 0.05) is 6.42 Å². The number of ether oxygens (including phenoxy) is 6. The van der Waals surface area contributed by atoms with E-state index in [1.807, 2.05) is 30.3 Å². The summed E-state index contributed by atoms with van der Waals surface area (Å²) in [5, 5.41) is 9.38. The van der Waals surface area contributed by atoms with E-state index in [4.69, 9.17) is 28.4 Å². The number of aliphatic hydroxyl groups is 1. The Bertz CT molecular complexity index is 1350. The Labute approximate surface area is 227 Å². The van der Waals surface area contributed by atoms with Crippen molar-refractivity contribution in [3.8, 4) is 23.0 Å². The highest BCUT2D eigenvalue weighted by molar-refractivity contribution is 7.81. The van der Waals surface area contributed by atoms with Gasteiger partial charge in [0.25, 0.3) is 11.3 Å². The normalized spacial score (nSPS) is 14.9. The number of esters is 1. The molecule has 0 saturated heterocycles. The number of rotatable bonds is 12. The fourth-order valence-electron chi connectivity index (χ4n) is 3.75. The highest BCUT2D eigenvalue weighted by Gasteiger charge is 2.33. The summed E-state index contributed by atoms with van der Waals surface area (Å²) in [6, 6.07) is 18.8. The summed E-state index contributed by atoms with van der Waals surface area (Å²) in [5.41, 5.74) is 0.845. The highest BCUT2D eigenvalue weighted by atomic mass is 32.2. The molecular formula is C27H27NO10S. The zero-order valence-electron chi connectivity index (χ0n) is 21.1. The average Bonchev–Trinajstić information content (AvgIpc) is 3.40. The van der Waals surface area contributed by atoms with Gasteiger partial charge in [0.15, 0.2) is 23.0 Å². The van der Waals surface area contributed by atoms with Crippen LogP contribution in [0.3, 0.4) is 0 Å². The molecule has 0 bridgehead atoms. The van der Waals surface area contributed by atoms with E-state index in [-0.39, 0.29) is 47.6 Å². The smallest absolute Gasteiger partial charge is 0.338 e. The summed E-state index contributed by atoms with van der Waals surface area (Å²) in [4.78, 5) is 12.5. The van der Waals surface area contributed by atoms with Gasteiger partial charge in [-0.15, -0.1) is 0 Å². The monoisotopic (exact) mass is 557 g/mol. The van der Waals surface area contributed by atoms with Gasteiger partial charge in [-0.05, 0) is 29.8 Å². The molecule has 11 nitrogen and oxygen atoms in total. The minimum atomic E-state index is -2.73. The number of carbonyl (C=O) groups excluding carboxylic acids is 1. The van der Waals surface area contributed by atoms with Crippen molar-refractivity contribution in [2.24, 2.45) is 0 Å². The predicted octanol–water partition coefficient (Wildman–Crippen LogP) is 4.00. The van der Waals surface area contributed by atoms with Crippen LogP contribution in [0.25, 0.3) is 0 Å². The Kier molecular flexibility index (Phi) is 9.26. The lowest BCUT2D eigenvalue weighted by Gasteiger charge is -2.25. The summed E-state index contributed by atoms with van der Waals surface area (Å²) in [6.45, 7) is -0.499. The van der Waals surface area contributed by atoms with Crippen LogP contribution < -0.4 is 18.5 Å². The molecule has 0 saturated carbocycles. The SMILES string of the molecule is COC(=O)c1cc(OCCO)c(Oc2ccccc2OC)c(N(C2=COC(Cc3ccccc3)O2)S(=O)O)c1. The van der Waals surface area contributed by atoms with E-state index in [0.717, 1.165) is 9.87 Å². The summed E-state index contributed by atoms with van der Waals surface area (Å²) in [7, 11) is 2.66. The van der Waals surface area contributed by atoms with Crippen molar-refractivity contribution in [2.75, 3.05) is 31.7 Å². The molecule has 3 aromatic carbocycles. The first-order chi connectivity index (χ1) is 18.9. The summed E-state index contributed by atoms with van der Waals surface area (Å²) < 4.78 is 57.6. The largest absolute Gasteiger partial charge is 0.493 e. The lowest BCUT2D eigenvalue weighted by molar-refractivity contribution is -0.0298. The molecule has 206 valence electrons. The van der Waals surface area contributed by atoms with E-state index >= 15 is 0 Å². The van der Waals surface area contributed by atoms with Gasteiger partial charge in [-0.25, -0.2) is 9.00 Å². The molecular weight excluding hydrogens is 530 g/mol. The maximum Gasteiger partial charge on any atom is 0.338 e. The number of nitrogens with zero attached hydrogens (tertiary/aromatic N) is 1. The minimum absolute atomic E-state index is 0.0105. The highest BCUT2D eigenvalue weighted by Crippen LogP contribution is 2.46. The standard InChI is InChI=1S/C27H27NO10S/c1-33-21-10-6-7-11-22(21)37-26-20(15-19(27(30)34-2)16-23(26)35-13-12-29)28(39(31)32)24-17-36-25(38-24)14-18-8-4-3-5-9-18/h3-11,15-17,25,29H,12-14H2,1-2H3,(H,31,32). The van der Waals surface area contributed by atoms with Crippen molar-refractivity contribution < 1.29 is 47.1 Å². The molecule has 0 amide bonds. The van der Waals surface area contributed by atoms with Crippen LogP contribution in [-0.4, -0.2) is 53.6 Å². The topological polar surface area (TPSA) is 133 Å². The van der Waals surface area contributed by atoms with Gasteiger partial charge in [0.2, 0.25) is 12.2 Å². The number of methoxy groups -OCH3 is 2. The third-order valence-electron chi connectivity index (χ3n) is 5.48. The minimum Gasteiger partial charge on any atom is -0.493 e. The second-order valence-electron chi connectivity index (χ2n) is 7.99. The van der Waals surface area contributed by atoms with Crippen LogP contribution in [0.2, 0.25) is 0 Å². The molecule has 12 heteroatoms. The Morgan fingerprint density at radius 3 is 2.41 bits per heavy atom. The van der Waals surface area contributed by atoms with Gasteiger partial charge in [-0.3, -0.25) is 4.55 Å². The van der Waals surface area contributed by atoms with Gasteiger partial charge in [-0.1, -0.05) is 42.5 Å². The van der Waals surface area contributed by atoms with Crippen LogP contribution in [0, 0.1) is 0 Å². The fraction of sp³-hybridized carbons (Fsp3) is 0.222. The molecule has 0 spiro atoms. The number of benzene rings is 3. The Hall–Kier alpha value is -4.26. The molecule has 1 aliphatic heterocycles. The quantitative estimate of drug-likeness (QED) is 0.249. The number of para-hydroxylation sites is 2. The third kappa shape index (κ3) is 6.60. The van der Waals surface area contributed by atoms with Crippen molar-refractivity contribution in [3.63, 3.8) is 0 Å². The summed E-state index contributed by atoms with van der Waals surface area (Å²) >= 11 is -2.73. The first kappa shape index (κ1) is 27.8. The second kappa shape index (κ2) is 13.0. The molecule has 1 heterocycles. The van der Waals surface area contributed by atoms with Crippen LogP contribution in [0.5, 0.6) is 23.0 Å². The van der Waals surface area contributed by atoms with Gasteiger partial charge < -0.3 is 33.5 Å². The van der Waals surface area contributed by atoms with Crippen LogP contribution in [-0.2, 0) is 31.9 Å². The van der Waals surface area contributed by atoms with Crippen molar-refractivity contribution in [1.29, 1.82) is 0 Å². The molecule has 39 heavy (non-hydrogen) atoms. The molecule has 0 fully saturated rings. The zero-order chi connectivity index (χ0) is 27.8. The average molecular weight is 558 g/mol. The number of anilines is 1. The molecule has 3 aromatic rings. The van der Waals surface area contributed by atoms with Crippen LogP contribution in [0.1, 0.15) is 15.9 Å². The van der Waals surface area contributed by atoms with E-state index in [0.29, 0.717) is 12.2 Å². The number of hydrogen-bond donors (Lipinski definition) is 2. The number of hydrogen-bond acceptors (Lipinski definition) is 9. The number of aliphatic hydroxyl groups excluding tert-OH is 1. The van der Waals surface area contributed by atoms with E-state index < -0.39 is 23.5 Å². The van der Waals surface area contributed by atoms with E-state index in [1.165, 1.54) is 32.6 Å². The fourth-order valence-corrected chi connectivity index (χ4v) is 4.29. The van der Waals surface area contributed by atoms with Gasteiger partial charge >= 0.3 is 5.97 Å². The van der Waals surface area contributed by atoms with Crippen molar-refractivity contribution >= 4 is 22.9 Å². The third-order valence-corrected chi connectivity index (χ3v) is 6.17. The maximum absolute atomic E-state index is 12.7. The Balaban J connectivity index is 1.79. The number of carbonyl (C=O) groups is 1. The van der Waals surface area contributed by atoms with Gasteiger partial charge in [0.05, 0.1) is 26.4 Å². The second-order valence-corrected chi connectivity index (χ2v) is 8.82. The molecule has 4 rings (SSSR count). The molecule has 1 aliphatic rings. The molecule has 2 atom stereocenters. The lowest BCUT2D eigenvalue weighted by atomic mass is 10.1. The summed E-state index contributed by atoms with van der Waals surface area (Å²) in [6.07, 6.45) is 0.791. The van der Waals surface area contributed by atoms with Gasteiger partial charge in [0.1, 0.15) is 18.6 Å². The Morgan fingerprint density at radius 1 is 1.03 bits per heavy atom. The Morgan fingerprint density at radius 2 is 1.74 bits per heavy atom. The van der Waals surface area contributed by atoms with Crippen molar-refractivity contribution in [3.05, 3.63) is 90.0 Å². The van der Waals surface area contributed by atoms with Crippen molar-refractivity contribution in [1.82, 2.24) is 0 Å². The molecule has 0 aromatic heterocycles. The first-order valence-corrected chi connectivity index (χ1v) is 12.8. The predicted molar refractivity (Wildman–Crippen MR) is 141 cm³/mol. The molecule has 2 unspecified atom stereocenters. The van der Waals surface area contributed by atoms with E-state index in [1.54, 1.807) is 24.3 Å². The van der Waals surface area contributed by atoms with Gasteiger partial charge in [-0.2, -0.15) is 4.31 Å². The van der Waals surface area contributed by atoms with E-state index in [9.17, 15) is 18.7 Å². The molecule has 0 aliphatic carbocycles. The van der Waals surface area contributed by atoms with Crippen LogP contribution in [0.4, 0.5) is 5.69 Å². The maximum atomic E-state index is 12.7. The van der Waals surface area contributed by atoms with Crippen molar-refractivity contribution in [2.45, 2.75) is 12.7 Å². The lowest BCUT2D eigenvalue weighted by Crippen LogP contribution is -2.27. The zero-order valence-corrected chi connectivity index (χ0v) is 22.0. The van der Waals surface area contributed by atoms with Crippen LogP contribution in [0.15, 0.2) is 78.9 Å². The molecule has 2 N–H and O–H groups in total. The van der Waals surface area contributed by atoms with E-state index in [2.05, 4.69) is 0 Å². The summed E-state index contributed by atoms with van der Waals surface area (Å²) in [5.74, 6) is -0.298. The molecule has 0 radical (unpaired) electrons.